The zero-order valence-electron chi connectivity index (χ0n) is 9.71. The Labute approximate surface area is 96.4 Å². The number of benzene rings is 1. The van der Waals surface area contributed by atoms with Crippen LogP contribution in [0.1, 0.15) is 41.6 Å². The van der Waals surface area contributed by atoms with Crippen molar-refractivity contribution >= 4 is 11.8 Å². The third kappa shape index (κ3) is 2.21. The van der Waals surface area contributed by atoms with Crippen molar-refractivity contribution in [1.82, 2.24) is 0 Å². The maximum absolute atomic E-state index is 6.27. The lowest BCUT2D eigenvalue weighted by atomic mass is 9.92. The highest BCUT2D eigenvalue weighted by molar-refractivity contribution is 7.99. The van der Waals surface area contributed by atoms with Gasteiger partial charge < -0.3 is 5.73 Å². The molecule has 0 aromatic heterocycles. The summed E-state index contributed by atoms with van der Waals surface area (Å²) in [6.07, 6.45) is 1.10. The summed E-state index contributed by atoms with van der Waals surface area (Å²) >= 11 is 2.02. The number of thioether (sulfide) groups is 1. The molecular formula is C13H19NS. The van der Waals surface area contributed by atoms with E-state index in [1.165, 1.54) is 22.3 Å². The van der Waals surface area contributed by atoms with Crippen LogP contribution in [0.3, 0.4) is 0 Å². The van der Waals surface area contributed by atoms with Crippen molar-refractivity contribution in [2.24, 2.45) is 5.73 Å². The van der Waals surface area contributed by atoms with Crippen LogP contribution in [-0.4, -0.2) is 5.25 Å². The van der Waals surface area contributed by atoms with Crippen molar-refractivity contribution in [3.05, 3.63) is 34.4 Å². The lowest BCUT2D eigenvalue weighted by Gasteiger charge is -2.17. The Hall–Kier alpha value is -0.470. The van der Waals surface area contributed by atoms with Crippen LogP contribution in [0.15, 0.2) is 12.1 Å². The van der Waals surface area contributed by atoms with Crippen LogP contribution in [0.25, 0.3) is 0 Å². The van der Waals surface area contributed by atoms with Crippen molar-refractivity contribution in [1.29, 1.82) is 0 Å². The topological polar surface area (TPSA) is 26.0 Å². The summed E-state index contributed by atoms with van der Waals surface area (Å²) in [5.41, 5.74) is 11.9. The van der Waals surface area contributed by atoms with Gasteiger partial charge in [0, 0.05) is 17.0 Å². The zero-order chi connectivity index (χ0) is 11.0. The molecule has 0 aliphatic carbocycles. The minimum atomic E-state index is 0.227. The molecule has 0 fully saturated rings. The third-order valence-electron chi connectivity index (χ3n) is 3.10. The number of rotatable bonds is 0. The van der Waals surface area contributed by atoms with E-state index < -0.39 is 0 Å². The summed E-state index contributed by atoms with van der Waals surface area (Å²) in [6, 6.07) is 4.78. The van der Waals surface area contributed by atoms with Gasteiger partial charge in [-0.05, 0) is 37.0 Å². The fourth-order valence-corrected chi connectivity index (χ4v) is 3.54. The van der Waals surface area contributed by atoms with Crippen molar-refractivity contribution in [3.63, 3.8) is 0 Å². The second-order valence-corrected chi connectivity index (χ2v) is 6.05. The van der Waals surface area contributed by atoms with Crippen molar-refractivity contribution in [2.45, 2.75) is 44.2 Å². The number of fused-ring (bicyclic) bond motifs is 1. The maximum Gasteiger partial charge on any atom is 0.0311 e. The van der Waals surface area contributed by atoms with E-state index in [-0.39, 0.29) is 6.04 Å². The molecule has 0 spiro atoms. The van der Waals surface area contributed by atoms with Crippen molar-refractivity contribution in [2.75, 3.05) is 0 Å². The van der Waals surface area contributed by atoms with Crippen LogP contribution in [0.5, 0.6) is 0 Å². The van der Waals surface area contributed by atoms with Crippen molar-refractivity contribution < 1.29 is 0 Å². The molecule has 1 heterocycles. The first kappa shape index (κ1) is 11.0. The molecule has 0 saturated heterocycles. The molecule has 1 aliphatic heterocycles. The average Bonchev–Trinajstić information content (AvgIpc) is 2.25. The van der Waals surface area contributed by atoms with Gasteiger partial charge in [0.1, 0.15) is 0 Å². The molecule has 15 heavy (non-hydrogen) atoms. The van der Waals surface area contributed by atoms with E-state index in [2.05, 4.69) is 32.9 Å². The van der Waals surface area contributed by atoms with E-state index in [1.807, 2.05) is 11.8 Å². The largest absolute Gasteiger partial charge is 0.324 e. The predicted molar refractivity (Wildman–Crippen MR) is 68.2 cm³/mol. The van der Waals surface area contributed by atoms with Gasteiger partial charge in [-0.25, -0.2) is 0 Å². The quantitative estimate of drug-likeness (QED) is 0.727. The molecular weight excluding hydrogens is 202 g/mol. The Morgan fingerprint density at radius 2 is 2.07 bits per heavy atom. The molecule has 1 aromatic carbocycles. The molecule has 0 saturated carbocycles. The molecule has 1 unspecified atom stereocenters. The fourth-order valence-electron chi connectivity index (χ4n) is 2.49. The summed E-state index contributed by atoms with van der Waals surface area (Å²) in [4.78, 5) is 0. The van der Waals surface area contributed by atoms with E-state index >= 15 is 0 Å². The second kappa shape index (κ2) is 4.18. The van der Waals surface area contributed by atoms with Gasteiger partial charge in [0.15, 0.2) is 0 Å². The minimum Gasteiger partial charge on any atom is -0.324 e. The molecule has 1 aromatic rings. The molecule has 1 aliphatic rings. The van der Waals surface area contributed by atoms with Gasteiger partial charge >= 0.3 is 0 Å². The number of aryl methyl sites for hydroxylation is 2. The van der Waals surface area contributed by atoms with Gasteiger partial charge in [-0.3, -0.25) is 0 Å². The van der Waals surface area contributed by atoms with Gasteiger partial charge in [0.25, 0.3) is 0 Å². The van der Waals surface area contributed by atoms with Crippen LogP contribution in [0.2, 0.25) is 0 Å². The number of hydrogen-bond acceptors (Lipinski definition) is 2. The Bertz CT molecular complexity index is 373. The van der Waals surface area contributed by atoms with Gasteiger partial charge in [-0.15, -0.1) is 0 Å². The smallest absolute Gasteiger partial charge is 0.0311 e. The van der Waals surface area contributed by atoms with Gasteiger partial charge in [0.2, 0.25) is 0 Å². The van der Waals surface area contributed by atoms with Crippen LogP contribution in [0.4, 0.5) is 0 Å². The third-order valence-corrected chi connectivity index (χ3v) is 4.34. The summed E-state index contributed by atoms with van der Waals surface area (Å²) in [7, 11) is 0. The second-order valence-electron chi connectivity index (χ2n) is 4.62. The molecule has 82 valence electrons. The maximum atomic E-state index is 6.27. The number of nitrogens with two attached hydrogens (primary N) is 1. The Morgan fingerprint density at radius 1 is 1.33 bits per heavy atom. The van der Waals surface area contributed by atoms with Crippen LogP contribution in [0, 0.1) is 13.8 Å². The highest BCUT2D eigenvalue weighted by Crippen LogP contribution is 2.35. The van der Waals surface area contributed by atoms with Crippen LogP contribution < -0.4 is 5.73 Å². The minimum absolute atomic E-state index is 0.227. The predicted octanol–water partition coefficient (Wildman–Crippen LogP) is 3.33. The Balaban J connectivity index is 2.48. The summed E-state index contributed by atoms with van der Waals surface area (Å²) in [5.74, 6) is 1.12. The van der Waals surface area contributed by atoms with E-state index in [0.29, 0.717) is 5.25 Å². The first-order valence-electron chi connectivity index (χ1n) is 5.55. The molecule has 0 bridgehead atoms. The molecule has 2 atom stereocenters. The summed E-state index contributed by atoms with van der Waals surface area (Å²) in [5, 5.41) is 0.673. The monoisotopic (exact) mass is 221 g/mol. The summed E-state index contributed by atoms with van der Waals surface area (Å²) in [6.45, 7) is 6.63. The van der Waals surface area contributed by atoms with E-state index in [0.717, 1.165) is 12.2 Å². The SMILES string of the molecule is Cc1cc(C)c2c(c1)CSC(C)C[C@@H]2N. The first-order chi connectivity index (χ1) is 7.08. The van der Waals surface area contributed by atoms with Gasteiger partial charge in [0.05, 0.1) is 0 Å². The van der Waals surface area contributed by atoms with Crippen LogP contribution in [-0.2, 0) is 5.75 Å². The van der Waals surface area contributed by atoms with E-state index in [4.69, 9.17) is 5.73 Å². The first-order valence-corrected chi connectivity index (χ1v) is 6.60. The lowest BCUT2D eigenvalue weighted by Crippen LogP contribution is -2.15. The zero-order valence-corrected chi connectivity index (χ0v) is 10.5. The Morgan fingerprint density at radius 3 is 2.80 bits per heavy atom. The van der Waals surface area contributed by atoms with Gasteiger partial charge in [-0.2, -0.15) is 11.8 Å². The highest BCUT2D eigenvalue weighted by Gasteiger charge is 2.21. The fraction of sp³-hybridized carbons (Fsp3) is 0.538. The molecule has 2 rings (SSSR count). The van der Waals surface area contributed by atoms with Gasteiger partial charge in [-0.1, -0.05) is 24.6 Å². The highest BCUT2D eigenvalue weighted by atomic mass is 32.2. The Kier molecular flexibility index (Phi) is 3.08. The van der Waals surface area contributed by atoms with Crippen LogP contribution >= 0.6 is 11.8 Å². The molecule has 2 heteroatoms. The van der Waals surface area contributed by atoms with E-state index in [1.54, 1.807) is 0 Å². The average molecular weight is 221 g/mol. The molecule has 0 radical (unpaired) electrons. The summed E-state index contributed by atoms with van der Waals surface area (Å²) < 4.78 is 0. The number of hydrogen-bond donors (Lipinski definition) is 1. The molecule has 2 N–H and O–H groups in total. The van der Waals surface area contributed by atoms with E-state index in [9.17, 15) is 0 Å². The normalized spacial score (nSPS) is 25.9. The lowest BCUT2D eigenvalue weighted by molar-refractivity contribution is 0.647. The molecule has 1 nitrogen and oxygen atoms in total. The van der Waals surface area contributed by atoms with Crippen molar-refractivity contribution in [3.8, 4) is 0 Å². The standard InChI is InChI=1S/C13H19NS/c1-8-4-9(2)13-11(5-8)7-15-10(3)6-12(13)14/h4-5,10,12H,6-7,14H2,1-3H3/t10?,12-/m0/s1. The molecule has 0 amide bonds.